The van der Waals surface area contributed by atoms with Gasteiger partial charge in [-0.05, 0) is 18.6 Å². The Morgan fingerprint density at radius 2 is 1.94 bits per heavy atom. The van der Waals surface area contributed by atoms with Crippen LogP contribution in [0.5, 0.6) is 0 Å². The third kappa shape index (κ3) is 1.98. The number of nitrogens with zero attached hydrogens (tertiary/aromatic N) is 3. The fraction of sp³-hybridized carbons (Fsp3) is 0.273. The van der Waals surface area contributed by atoms with Crippen molar-refractivity contribution in [1.82, 2.24) is 15.0 Å². The Morgan fingerprint density at radius 3 is 2.53 bits per heavy atom. The SMILES string of the molecule is CCCc1c(N)nnn1-c1c(F)cccc1F. The van der Waals surface area contributed by atoms with Crippen LogP contribution in [0.4, 0.5) is 14.6 Å². The highest BCUT2D eigenvalue weighted by Gasteiger charge is 2.17. The second kappa shape index (κ2) is 4.48. The Kier molecular flexibility index (Phi) is 3.03. The summed E-state index contributed by atoms with van der Waals surface area (Å²) in [5.74, 6) is -1.17. The number of nitrogens with two attached hydrogens (primary N) is 1. The molecular weight excluding hydrogens is 226 g/mol. The Hall–Kier alpha value is -1.98. The van der Waals surface area contributed by atoms with E-state index in [1.54, 1.807) is 0 Å². The van der Waals surface area contributed by atoms with Crippen molar-refractivity contribution in [3.8, 4) is 5.69 Å². The maximum Gasteiger partial charge on any atom is 0.169 e. The third-order valence-corrected chi connectivity index (χ3v) is 2.43. The van der Waals surface area contributed by atoms with Crippen LogP contribution in [0.1, 0.15) is 19.0 Å². The van der Waals surface area contributed by atoms with Crippen LogP contribution in [0.2, 0.25) is 0 Å². The van der Waals surface area contributed by atoms with Crippen LogP contribution in [0.3, 0.4) is 0 Å². The minimum atomic E-state index is -0.688. The van der Waals surface area contributed by atoms with Crippen molar-refractivity contribution in [2.45, 2.75) is 19.8 Å². The van der Waals surface area contributed by atoms with Crippen molar-refractivity contribution in [3.05, 3.63) is 35.5 Å². The van der Waals surface area contributed by atoms with E-state index in [0.29, 0.717) is 12.1 Å². The summed E-state index contributed by atoms with van der Waals surface area (Å²) in [7, 11) is 0. The molecule has 0 amide bonds. The standard InChI is InChI=1S/C11H12F2N4/c1-2-4-9-11(14)15-16-17(9)10-7(12)5-3-6-8(10)13/h3,5-6H,2,4,14H2,1H3. The van der Waals surface area contributed by atoms with Gasteiger partial charge < -0.3 is 5.73 Å². The molecular formula is C11H12F2N4. The molecule has 2 aromatic rings. The highest BCUT2D eigenvalue weighted by atomic mass is 19.1. The Morgan fingerprint density at radius 1 is 1.29 bits per heavy atom. The molecule has 0 fully saturated rings. The lowest BCUT2D eigenvalue weighted by molar-refractivity contribution is 0.551. The van der Waals surface area contributed by atoms with Crippen molar-refractivity contribution in [2.75, 3.05) is 5.73 Å². The van der Waals surface area contributed by atoms with Crippen molar-refractivity contribution in [3.63, 3.8) is 0 Å². The van der Waals surface area contributed by atoms with Gasteiger partial charge in [0, 0.05) is 0 Å². The van der Waals surface area contributed by atoms with E-state index in [2.05, 4.69) is 10.3 Å². The normalized spacial score (nSPS) is 10.8. The zero-order valence-corrected chi connectivity index (χ0v) is 9.32. The number of hydrogen-bond acceptors (Lipinski definition) is 3. The Balaban J connectivity index is 2.60. The van der Waals surface area contributed by atoms with E-state index in [0.717, 1.165) is 11.1 Å². The Labute approximate surface area is 97.0 Å². The quantitative estimate of drug-likeness (QED) is 0.890. The van der Waals surface area contributed by atoms with Crippen LogP contribution in [0.25, 0.3) is 5.69 Å². The number of rotatable bonds is 3. The minimum absolute atomic E-state index is 0.203. The summed E-state index contributed by atoms with van der Waals surface area (Å²) in [6, 6.07) is 3.64. The monoisotopic (exact) mass is 238 g/mol. The zero-order valence-electron chi connectivity index (χ0n) is 9.32. The number of halogens is 2. The third-order valence-electron chi connectivity index (χ3n) is 2.43. The minimum Gasteiger partial charge on any atom is -0.381 e. The highest BCUT2D eigenvalue weighted by Crippen LogP contribution is 2.21. The van der Waals surface area contributed by atoms with E-state index in [1.165, 1.54) is 18.2 Å². The van der Waals surface area contributed by atoms with Gasteiger partial charge in [0.1, 0.15) is 5.69 Å². The van der Waals surface area contributed by atoms with Crippen molar-refractivity contribution >= 4 is 5.82 Å². The summed E-state index contributed by atoms with van der Waals surface area (Å²) in [5.41, 5.74) is 5.91. The zero-order chi connectivity index (χ0) is 12.4. The van der Waals surface area contributed by atoms with Gasteiger partial charge in [-0.1, -0.05) is 24.6 Å². The Bertz CT molecular complexity index is 516. The van der Waals surface area contributed by atoms with Crippen LogP contribution >= 0.6 is 0 Å². The largest absolute Gasteiger partial charge is 0.381 e. The molecule has 0 aliphatic heterocycles. The molecule has 6 heteroatoms. The molecule has 1 heterocycles. The topological polar surface area (TPSA) is 56.7 Å². The van der Waals surface area contributed by atoms with E-state index in [1.807, 2.05) is 6.92 Å². The molecule has 0 saturated heterocycles. The van der Waals surface area contributed by atoms with Gasteiger partial charge in [0.25, 0.3) is 0 Å². The fourth-order valence-corrected chi connectivity index (χ4v) is 1.65. The predicted molar refractivity (Wildman–Crippen MR) is 59.7 cm³/mol. The molecule has 0 saturated carbocycles. The lowest BCUT2D eigenvalue weighted by Crippen LogP contribution is -2.08. The van der Waals surface area contributed by atoms with Gasteiger partial charge in [0.2, 0.25) is 0 Å². The van der Waals surface area contributed by atoms with Gasteiger partial charge in [0.15, 0.2) is 17.5 Å². The number of anilines is 1. The number of benzene rings is 1. The molecule has 2 N–H and O–H groups in total. The fourth-order valence-electron chi connectivity index (χ4n) is 1.65. The molecule has 0 bridgehead atoms. The van der Waals surface area contributed by atoms with Gasteiger partial charge in [-0.25, -0.2) is 13.5 Å². The van der Waals surface area contributed by atoms with E-state index in [4.69, 9.17) is 5.73 Å². The average Bonchev–Trinajstić information content (AvgIpc) is 2.62. The van der Waals surface area contributed by atoms with Crippen molar-refractivity contribution < 1.29 is 8.78 Å². The first kappa shape index (κ1) is 11.5. The van der Waals surface area contributed by atoms with Gasteiger partial charge in [-0.2, -0.15) is 0 Å². The second-order valence-electron chi connectivity index (χ2n) is 3.65. The lowest BCUT2D eigenvalue weighted by atomic mass is 10.2. The van der Waals surface area contributed by atoms with E-state index in [-0.39, 0.29) is 11.5 Å². The van der Waals surface area contributed by atoms with Crippen LogP contribution < -0.4 is 5.73 Å². The number of aromatic nitrogens is 3. The number of nitrogen functional groups attached to an aromatic ring is 1. The summed E-state index contributed by atoms with van der Waals surface area (Å²) < 4.78 is 28.3. The van der Waals surface area contributed by atoms with Crippen LogP contribution in [0.15, 0.2) is 18.2 Å². The molecule has 0 aliphatic rings. The van der Waals surface area contributed by atoms with Crippen molar-refractivity contribution in [1.29, 1.82) is 0 Å². The molecule has 1 aromatic carbocycles. The molecule has 1 aromatic heterocycles. The van der Waals surface area contributed by atoms with E-state index >= 15 is 0 Å². The first-order valence-corrected chi connectivity index (χ1v) is 5.29. The number of hydrogen-bond donors (Lipinski definition) is 1. The molecule has 0 spiro atoms. The summed E-state index contributed by atoms with van der Waals surface area (Å²) in [5, 5.41) is 7.34. The first-order valence-electron chi connectivity index (χ1n) is 5.29. The van der Waals surface area contributed by atoms with Gasteiger partial charge >= 0.3 is 0 Å². The summed E-state index contributed by atoms with van der Waals surface area (Å²) in [4.78, 5) is 0. The first-order chi connectivity index (χ1) is 8.15. The summed E-state index contributed by atoms with van der Waals surface area (Å²) in [6.07, 6.45) is 1.35. The maximum absolute atomic E-state index is 13.6. The lowest BCUT2D eigenvalue weighted by Gasteiger charge is -2.07. The van der Waals surface area contributed by atoms with E-state index < -0.39 is 11.6 Å². The van der Waals surface area contributed by atoms with Crippen LogP contribution in [0, 0.1) is 11.6 Å². The maximum atomic E-state index is 13.6. The molecule has 0 aliphatic carbocycles. The average molecular weight is 238 g/mol. The van der Waals surface area contributed by atoms with Gasteiger partial charge in [0.05, 0.1) is 5.69 Å². The number of para-hydroxylation sites is 1. The second-order valence-corrected chi connectivity index (χ2v) is 3.65. The molecule has 0 unspecified atom stereocenters. The van der Waals surface area contributed by atoms with Crippen LogP contribution in [-0.4, -0.2) is 15.0 Å². The van der Waals surface area contributed by atoms with Gasteiger partial charge in [-0.15, -0.1) is 5.10 Å². The highest BCUT2D eigenvalue weighted by molar-refractivity contribution is 5.42. The molecule has 0 radical (unpaired) electrons. The predicted octanol–water partition coefficient (Wildman–Crippen LogP) is 2.08. The smallest absolute Gasteiger partial charge is 0.169 e. The molecule has 90 valence electrons. The molecule has 4 nitrogen and oxygen atoms in total. The molecule has 2 rings (SSSR count). The van der Waals surface area contributed by atoms with Crippen LogP contribution in [-0.2, 0) is 6.42 Å². The summed E-state index contributed by atoms with van der Waals surface area (Å²) >= 11 is 0. The molecule has 0 atom stereocenters. The molecule has 17 heavy (non-hydrogen) atoms. The van der Waals surface area contributed by atoms with Gasteiger partial charge in [-0.3, -0.25) is 0 Å². The van der Waals surface area contributed by atoms with E-state index in [9.17, 15) is 8.78 Å². The van der Waals surface area contributed by atoms with Crippen molar-refractivity contribution in [2.24, 2.45) is 0 Å². The summed E-state index contributed by atoms with van der Waals surface area (Å²) in [6.45, 7) is 1.94.